The number of anilines is 1. The number of hydrogen-bond donors (Lipinski definition) is 1. The Morgan fingerprint density at radius 3 is 2.73 bits per heavy atom. The Balaban J connectivity index is 2.34. The average molecular weight is 206 g/mol. The van der Waals surface area contributed by atoms with Crippen LogP contribution >= 0.6 is 0 Å². The Morgan fingerprint density at radius 2 is 2.20 bits per heavy atom. The van der Waals surface area contributed by atoms with Gasteiger partial charge in [0.25, 0.3) is 0 Å². The highest BCUT2D eigenvalue weighted by Gasteiger charge is 2.32. The fourth-order valence-corrected chi connectivity index (χ4v) is 1.95. The van der Waals surface area contributed by atoms with E-state index >= 15 is 0 Å². The van der Waals surface area contributed by atoms with Crippen molar-refractivity contribution in [3.05, 3.63) is 24.3 Å². The maximum atomic E-state index is 11.5. The first kappa shape index (κ1) is 9.83. The van der Waals surface area contributed by atoms with E-state index in [-0.39, 0.29) is 17.7 Å². The van der Waals surface area contributed by atoms with Crippen molar-refractivity contribution in [3.8, 4) is 5.75 Å². The number of carbonyl (C=O) groups excluding carboxylic acids is 1. The molecular formula is C11H14N2O2. The Labute approximate surface area is 88.7 Å². The largest absolute Gasteiger partial charge is 0.508 e. The topological polar surface area (TPSA) is 43.8 Å². The molecule has 0 spiro atoms. The van der Waals surface area contributed by atoms with Crippen molar-refractivity contribution in [2.45, 2.75) is 19.4 Å². The van der Waals surface area contributed by atoms with Gasteiger partial charge < -0.3 is 5.11 Å². The molecule has 1 aliphatic rings. The van der Waals surface area contributed by atoms with E-state index in [0.717, 1.165) is 5.69 Å². The molecule has 0 aliphatic carbocycles. The lowest BCUT2D eigenvalue weighted by molar-refractivity contribution is -0.126. The lowest BCUT2D eigenvalue weighted by atomic mass is 10.2. The van der Waals surface area contributed by atoms with Crippen LogP contribution in [-0.4, -0.2) is 29.1 Å². The van der Waals surface area contributed by atoms with Gasteiger partial charge in [0, 0.05) is 13.1 Å². The van der Waals surface area contributed by atoms with Crippen molar-refractivity contribution in [3.63, 3.8) is 0 Å². The van der Waals surface area contributed by atoms with Crippen LogP contribution in [0.3, 0.4) is 0 Å². The molecule has 0 bridgehead atoms. The van der Waals surface area contributed by atoms with Crippen LogP contribution in [-0.2, 0) is 4.79 Å². The molecule has 1 N–H and O–H groups in total. The Bertz CT molecular complexity index is 392. The normalized spacial score (nSPS) is 21.2. The SMILES string of the molecule is CC1CC(=O)N(C)N1c1cccc(O)c1. The Kier molecular flexibility index (Phi) is 2.26. The minimum Gasteiger partial charge on any atom is -0.508 e. The minimum absolute atomic E-state index is 0.103. The quantitative estimate of drug-likeness (QED) is 0.754. The van der Waals surface area contributed by atoms with Gasteiger partial charge in [-0.15, -0.1) is 0 Å². The highest BCUT2D eigenvalue weighted by atomic mass is 16.3. The molecular weight excluding hydrogens is 192 g/mol. The Hall–Kier alpha value is -1.71. The van der Waals surface area contributed by atoms with Gasteiger partial charge in [-0.1, -0.05) is 6.07 Å². The number of hydrazine groups is 1. The van der Waals surface area contributed by atoms with E-state index in [1.54, 1.807) is 30.3 Å². The highest BCUT2D eigenvalue weighted by molar-refractivity contribution is 5.82. The maximum absolute atomic E-state index is 11.5. The first-order valence-corrected chi connectivity index (χ1v) is 4.94. The first-order chi connectivity index (χ1) is 7.09. The van der Waals surface area contributed by atoms with Gasteiger partial charge in [-0.05, 0) is 19.1 Å². The Morgan fingerprint density at radius 1 is 1.47 bits per heavy atom. The van der Waals surface area contributed by atoms with Crippen LogP contribution in [0.15, 0.2) is 24.3 Å². The van der Waals surface area contributed by atoms with Crippen LogP contribution in [0, 0.1) is 0 Å². The standard InChI is InChI=1S/C11H14N2O2/c1-8-6-11(15)12(2)13(8)9-4-3-5-10(14)7-9/h3-5,7-8,14H,6H2,1-2H3. The summed E-state index contributed by atoms with van der Waals surface area (Å²) in [4.78, 5) is 11.5. The van der Waals surface area contributed by atoms with Gasteiger partial charge in [-0.2, -0.15) is 0 Å². The molecule has 1 saturated heterocycles. The van der Waals surface area contributed by atoms with E-state index in [0.29, 0.717) is 6.42 Å². The van der Waals surface area contributed by atoms with Crippen LogP contribution < -0.4 is 5.01 Å². The molecule has 0 aromatic heterocycles. The molecule has 0 radical (unpaired) electrons. The summed E-state index contributed by atoms with van der Waals surface area (Å²) in [6, 6.07) is 7.07. The van der Waals surface area contributed by atoms with E-state index in [4.69, 9.17) is 0 Å². The number of phenols is 1. The van der Waals surface area contributed by atoms with Crippen LogP contribution in [0.4, 0.5) is 5.69 Å². The second-order valence-corrected chi connectivity index (χ2v) is 3.83. The minimum atomic E-state index is 0.103. The summed E-state index contributed by atoms with van der Waals surface area (Å²) in [7, 11) is 1.75. The molecule has 1 fully saturated rings. The zero-order valence-corrected chi connectivity index (χ0v) is 8.84. The lowest BCUT2D eigenvalue weighted by Gasteiger charge is -2.29. The molecule has 1 aliphatic heterocycles. The molecule has 4 heteroatoms. The zero-order chi connectivity index (χ0) is 11.0. The van der Waals surface area contributed by atoms with Crippen LogP contribution in [0.5, 0.6) is 5.75 Å². The predicted molar refractivity (Wildman–Crippen MR) is 57.4 cm³/mol. The first-order valence-electron chi connectivity index (χ1n) is 4.94. The monoisotopic (exact) mass is 206 g/mol. The summed E-state index contributed by atoms with van der Waals surface area (Å²) < 4.78 is 0. The predicted octanol–water partition coefficient (Wildman–Crippen LogP) is 1.36. The van der Waals surface area contributed by atoms with Gasteiger partial charge in [0.2, 0.25) is 5.91 Å². The number of amides is 1. The van der Waals surface area contributed by atoms with Crippen molar-refractivity contribution in [1.29, 1.82) is 0 Å². The van der Waals surface area contributed by atoms with Gasteiger partial charge in [0.1, 0.15) is 5.75 Å². The van der Waals surface area contributed by atoms with E-state index in [1.807, 2.05) is 18.0 Å². The third-order valence-corrected chi connectivity index (χ3v) is 2.67. The average Bonchev–Trinajstić information content (AvgIpc) is 2.41. The summed E-state index contributed by atoms with van der Waals surface area (Å²) in [5, 5.41) is 12.9. The molecule has 2 rings (SSSR count). The molecule has 15 heavy (non-hydrogen) atoms. The van der Waals surface area contributed by atoms with Gasteiger partial charge in [0.15, 0.2) is 0 Å². The van der Waals surface area contributed by atoms with E-state index in [2.05, 4.69) is 0 Å². The van der Waals surface area contributed by atoms with Crippen molar-refractivity contribution in [1.82, 2.24) is 5.01 Å². The summed E-state index contributed by atoms with van der Waals surface area (Å²) in [5.41, 5.74) is 0.843. The van der Waals surface area contributed by atoms with Gasteiger partial charge >= 0.3 is 0 Å². The van der Waals surface area contributed by atoms with Crippen LogP contribution in [0.2, 0.25) is 0 Å². The van der Waals surface area contributed by atoms with Gasteiger partial charge in [-0.3, -0.25) is 14.8 Å². The van der Waals surface area contributed by atoms with Gasteiger partial charge in [-0.25, -0.2) is 0 Å². The molecule has 1 amide bonds. The number of phenolic OH excluding ortho intramolecular Hbond substituents is 1. The highest BCUT2D eigenvalue weighted by Crippen LogP contribution is 2.28. The summed E-state index contributed by atoms with van der Waals surface area (Å²) in [5.74, 6) is 0.318. The number of nitrogens with zero attached hydrogens (tertiary/aromatic N) is 2. The molecule has 1 aromatic rings. The summed E-state index contributed by atoms with van der Waals surface area (Å²) in [6.45, 7) is 1.99. The molecule has 1 aromatic carbocycles. The molecule has 1 unspecified atom stereocenters. The van der Waals surface area contributed by atoms with Gasteiger partial charge in [0.05, 0.1) is 18.2 Å². The van der Waals surface area contributed by atoms with Crippen molar-refractivity contribution >= 4 is 11.6 Å². The fraction of sp³-hybridized carbons (Fsp3) is 0.364. The molecule has 0 saturated carbocycles. The van der Waals surface area contributed by atoms with Crippen LogP contribution in [0.1, 0.15) is 13.3 Å². The molecule has 4 nitrogen and oxygen atoms in total. The van der Waals surface area contributed by atoms with Crippen molar-refractivity contribution in [2.24, 2.45) is 0 Å². The number of carbonyl (C=O) groups is 1. The third-order valence-electron chi connectivity index (χ3n) is 2.67. The van der Waals surface area contributed by atoms with E-state index < -0.39 is 0 Å². The molecule has 1 heterocycles. The van der Waals surface area contributed by atoms with E-state index in [1.165, 1.54) is 0 Å². The number of aromatic hydroxyl groups is 1. The number of hydrogen-bond acceptors (Lipinski definition) is 3. The number of rotatable bonds is 1. The summed E-state index contributed by atoms with van der Waals surface area (Å²) in [6.07, 6.45) is 0.520. The van der Waals surface area contributed by atoms with Crippen molar-refractivity contribution in [2.75, 3.05) is 12.1 Å². The fourth-order valence-electron chi connectivity index (χ4n) is 1.95. The zero-order valence-electron chi connectivity index (χ0n) is 8.84. The second kappa shape index (κ2) is 3.46. The van der Waals surface area contributed by atoms with Crippen molar-refractivity contribution < 1.29 is 9.90 Å². The molecule has 1 atom stereocenters. The maximum Gasteiger partial charge on any atom is 0.242 e. The lowest BCUT2D eigenvalue weighted by Crippen LogP contribution is -2.38. The molecule has 80 valence electrons. The third kappa shape index (κ3) is 1.63. The second-order valence-electron chi connectivity index (χ2n) is 3.83. The van der Waals surface area contributed by atoms with Crippen LogP contribution in [0.25, 0.3) is 0 Å². The smallest absolute Gasteiger partial charge is 0.242 e. The number of benzene rings is 1. The summed E-state index contributed by atoms with van der Waals surface area (Å²) >= 11 is 0. The van der Waals surface area contributed by atoms with E-state index in [9.17, 15) is 9.90 Å².